The number of aliphatic hydroxyl groups excluding tert-OH is 1. The van der Waals surface area contributed by atoms with Crippen molar-refractivity contribution >= 4 is 22.5 Å². The second-order valence-electron chi connectivity index (χ2n) is 6.16. The number of benzene rings is 1. The van der Waals surface area contributed by atoms with E-state index in [-0.39, 0.29) is 11.9 Å². The van der Waals surface area contributed by atoms with Crippen molar-refractivity contribution in [3.8, 4) is 17.0 Å². The first-order valence-corrected chi connectivity index (χ1v) is 8.46. The van der Waals surface area contributed by atoms with E-state index in [1.807, 2.05) is 0 Å². The number of halogens is 1. The minimum absolute atomic E-state index is 0.182. The smallest absolute Gasteiger partial charge is 0.223 e. The Bertz CT molecular complexity index is 905. The summed E-state index contributed by atoms with van der Waals surface area (Å²) in [7, 11) is 0. The zero-order chi connectivity index (χ0) is 16.7. The lowest BCUT2D eigenvalue weighted by atomic mass is 10.0. The van der Waals surface area contributed by atoms with Crippen LogP contribution in [0.4, 0.5) is 0 Å². The number of hydrogen-bond acceptors (Lipinski definition) is 4. The van der Waals surface area contributed by atoms with Crippen LogP contribution < -0.4 is 4.74 Å². The summed E-state index contributed by atoms with van der Waals surface area (Å²) in [4.78, 5) is 8.42. The molecule has 1 aromatic carbocycles. The summed E-state index contributed by atoms with van der Waals surface area (Å²) in [5, 5.41) is 10.8. The van der Waals surface area contributed by atoms with E-state index in [4.69, 9.17) is 16.3 Å². The van der Waals surface area contributed by atoms with Crippen molar-refractivity contribution in [3.05, 3.63) is 41.4 Å². The average molecular weight is 344 g/mol. The summed E-state index contributed by atoms with van der Waals surface area (Å²) < 4.78 is 7.98. The van der Waals surface area contributed by atoms with Crippen LogP contribution in [0.15, 0.2) is 30.6 Å². The number of para-hydroxylation sites is 1. The van der Waals surface area contributed by atoms with Gasteiger partial charge in [-0.25, -0.2) is 9.97 Å². The molecule has 1 N–H and O–H groups in total. The molecule has 3 heterocycles. The van der Waals surface area contributed by atoms with Crippen LogP contribution in [0.1, 0.15) is 18.9 Å². The van der Waals surface area contributed by atoms with Gasteiger partial charge in [0, 0.05) is 23.7 Å². The third-order valence-corrected chi connectivity index (χ3v) is 4.47. The van der Waals surface area contributed by atoms with E-state index in [0.717, 1.165) is 30.3 Å². The first-order chi connectivity index (χ1) is 11.6. The van der Waals surface area contributed by atoms with Gasteiger partial charge in [-0.05, 0) is 36.9 Å². The summed E-state index contributed by atoms with van der Waals surface area (Å²) in [5.41, 5.74) is 4.27. The van der Waals surface area contributed by atoms with Crippen LogP contribution in [-0.4, -0.2) is 32.4 Å². The molecule has 0 radical (unpaired) electrons. The monoisotopic (exact) mass is 343 g/mol. The van der Waals surface area contributed by atoms with Crippen LogP contribution in [0.3, 0.4) is 0 Å². The van der Waals surface area contributed by atoms with E-state index in [9.17, 15) is 5.11 Å². The van der Waals surface area contributed by atoms with Gasteiger partial charge in [0.1, 0.15) is 12.3 Å². The van der Waals surface area contributed by atoms with Gasteiger partial charge in [-0.3, -0.25) is 0 Å². The van der Waals surface area contributed by atoms with Gasteiger partial charge in [-0.1, -0.05) is 18.2 Å². The molecule has 0 fully saturated rings. The van der Waals surface area contributed by atoms with Gasteiger partial charge in [0.2, 0.25) is 5.28 Å². The van der Waals surface area contributed by atoms with Gasteiger partial charge in [0.15, 0.2) is 5.75 Å². The Morgan fingerprint density at radius 3 is 3.12 bits per heavy atom. The second kappa shape index (κ2) is 6.07. The van der Waals surface area contributed by atoms with Gasteiger partial charge in [-0.15, -0.1) is 0 Å². The molecule has 4 rings (SSSR count). The quantitative estimate of drug-likeness (QED) is 0.737. The molecule has 0 bridgehead atoms. The van der Waals surface area contributed by atoms with E-state index >= 15 is 0 Å². The fourth-order valence-corrected chi connectivity index (χ4v) is 3.44. The average Bonchev–Trinajstić information content (AvgIpc) is 2.95. The van der Waals surface area contributed by atoms with Crippen LogP contribution >= 0.6 is 11.6 Å². The molecule has 0 saturated carbocycles. The van der Waals surface area contributed by atoms with Gasteiger partial charge < -0.3 is 14.4 Å². The standard InChI is InChI=1S/C18H18ClN3O2/c1-11(23)10-24-15-8-20-18(19)21-16(15)14-9-22-7-3-5-12-4-2-6-13(14)17(12)22/h2,4,6,8-9,11,23H,3,5,7,10H2,1H3. The van der Waals surface area contributed by atoms with Crippen molar-refractivity contribution < 1.29 is 9.84 Å². The Morgan fingerprint density at radius 1 is 1.42 bits per heavy atom. The molecule has 24 heavy (non-hydrogen) atoms. The van der Waals surface area contributed by atoms with Crippen molar-refractivity contribution in [1.82, 2.24) is 14.5 Å². The Balaban J connectivity index is 1.89. The predicted molar refractivity (Wildman–Crippen MR) is 93.5 cm³/mol. The summed E-state index contributed by atoms with van der Waals surface area (Å²) in [6.45, 7) is 2.86. The first-order valence-electron chi connectivity index (χ1n) is 8.08. The van der Waals surface area contributed by atoms with Crippen molar-refractivity contribution in [2.75, 3.05) is 6.61 Å². The minimum atomic E-state index is -0.566. The molecule has 0 spiro atoms. The topological polar surface area (TPSA) is 60.2 Å². The molecular formula is C18H18ClN3O2. The van der Waals surface area contributed by atoms with E-state index < -0.39 is 6.10 Å². The highest BCUT2D eigenvalue weighted by molar-refractivity contribution is 6.28. The highest BCUT2D eigenvalue weighted by Crippen LogP contribution is 2.38. The predicted octanol–water partition coefficient (Wildman–Crippen LogP) is 3.46. The van der Waals surface area contributed by atoms with E-state index in [1.165, 1.54) is 11.1 Å². The lowest BCUT2D eigenvalue weighted by molar-refractivity contribution is 0.122. The molecule has 1 aliphatic rings. The molecule has 1 aliphatic heterocycles. The summed E-state index contributed by atoms with van der Waals surface area (Å²) >= 11 is 6.03. The summed E-state index contributed by atoms with van der Waals surface area (Å²) in [5.74, 6) is 0.531. The zero-order valence-electron chi connectivity index (χ0n) is 13.4. The molecule has 3 aromatic rings. The first kappa shape index (κ1) is 15.4. The Kier molecular flexibility index (Phi) is 3.90. The fourth-order valence-electron chi connectivity index (χ4n) is 3.30. The number of aromatic nitrogens is 3. The highest BCUT2D eigenvalue weighted by Gasteiger charge is 2.20. The van der Waals surface area contributed by atoms with Crippen LogP contribution in [0.2, 0.25) is 5.28 Å². The minimum Gasteiger partial charge on any atom is -0.487 e. The van der Waals surface area contributed by atoms with Gasteiger partial charge >= 0.3 is 0 Å². The lowest BCUT2D eigenvalue weighted by Gasteiger charge is -2.14. The Hall–Kier alpha value is -2.11. The van der Waals surface area contributed by atoms with E-state index in [1.54, 1.807) is 13.1 Å². The van der Waals surface area contributed by atoms with Crippen molar-refractivity contribution in [2.24, 2.45) is 0 Å². The maximum atomic E-state index is 9.49. The van der Waals surface area contributed by atoms with E-state index in [0.29, 0.717) is 11.4 Å². The maximum Gasteiger partial charge on any atom is 0.223 e. The van der Waals surface area contributed by atoms with Crippen molar-refractivity contribution in [3.63, 3.8) is 0 Å². The second-order valence-corrected chi connectivity index (χ2v) is 6.50. The SMILES string of the molecule is CC(O)COc1cnc(Cl)nc1-c1cn2c3c(cccc13)CCC2. The molecule has 0 amide bonds. The number of aryl methyl sites for hydroxylation is 2. The van der Waals surface area contributed by atoms with Crippen LogP contribution in [-0.2, 0) is 13.0 Å². The van der Waals surface area contributed by atoms with Gasteiger partial charge in [0.05, 0.1) is 17.8 Å². The van der Waals surface area contributed by atoms with Gasteiger partial charge in [-0.2, -0.15) is 0 Å². The molecule has 5 nitrogen and oxygen atoms in total. The van der Waals surface area contributed by atoms with Crippen molar-refractivity contribution in [2.45, 2.75) is 32.4 Å². The number of rotatable bonds is 4. The number of hydrogen-bond donors (Lipinski definition) is 1. The van der Waals surface area contributed by atoms with Crippen LogP contribution in [0, 0.1) is 0 Å². The molecule has 1 atom stereocenters. The normalized spacial score (nSPS) is 14.8. The third kappa shape index (κ3) is 2.64. The van der Waals surface area contributed by atoms with Gasteiger partial charge in [0.25, 0.3) is 0 Å². The fraction of sp³-hybridized carbons (Fsp3) is 0.333. The summed E-state index contributed by atoms with van der Waals surface area (Å²) in [6.07, 6.45) is 5.34. The Labute approximate surface area is 144 Å². The van der Waals surface area contributed by atoms with Crippen molar-refractivity contribution in [1.29, 1.82) is 0 Å². The van der Waals surface area contributed by atoms with Crippen LogP contribution in [0.25, 0.3) is 22.2 Å². The summed E-state index contributed by atoms with van der Waals surface area (Å²) in [6, 6.07) is 6.36. The van der Waals surface area contributed by atoms with E-state index in [2.05, 4.69) is 38.9 Å². The number of ether oxygens (including phenoxy) is 1. The molecule has 1 unspecified atom stereocenters. The van der Waals surface area contributed by atoms with Crippen LogP contribution in [0.5, 0.6) is 5.75 Å². The Morgan fingerprint density at radius 2 is 2.29 bits per heavy atom. The number of aliphatic hydroxyl groups is 1. The molecule has 6 heteroatoms. The molecule has 2 aromatic heterocycles. The largest absolute Gasteiger partial charge is 0.487 e. The molecular weight excluding hydrogens is 326 g/mol. The third-order valence-electron chi connectivity index (χ3n) is 4.29. The zero-order valence-corrected chi connectivity index (χ0v) is 14.1. The number of nitrogens with zero attached hydrogens (tertiary/aromatic N) is 3. The molecule has 0 aliphatic carbocycles. The molecule has 0 saturated heterocycles. The highest BCUT2D eigenvalue weighted by atomic mass is 35.5. The lowest BCUT2D eigenvalue weighted by Crippen LogP contribution is -2.13. The maximum absolute atomic E-state index is 9.49. The molecule has 124 valence electrons.